The van der Waals surface area contributed by atoms with E-state index >= 15 is 0 Å². The molecule has 1 saturated heterocycles. The molecule has 39 heavy (non-hydrogen) atoms. The number of hydrogen-bond acceptors (Lipinski definition) is 9. The second-order valence-corrected chi connectivity index (χ2v) is 9.82. The van der Waals surface area contributed by atoms with Gasteiger partial charge in [-0.25, -0.2) is 0 Å². The number of para-hydroxylation sites is 1. The van der Waals surface area contributed by atoms with Gasteiger partial charge in [-0.2, -0.15) is 4.99 Å². The highest BCUT2D eigenvalue weighted by Gasteiger charge is 2.29. The van der Waals surface area contributed by atoms with Crippen molar-refractivity contribution in [2.75, 3.05) is 31.1 Å². The summed E-state index contributed by atoms with van der Waals surface area (Å²) in [6, 6.07) is 20.0. The molecule has 3 aromatic rings. The summed E-state index contributed by atoms with van der Waals surface area (Å²) in [5.74, 6) is 0.278. The van der Waals surface area contributed by atoms with Crippen LogP contribution in [0.1, 0.15) is 11.1 Å². The Kier molecular flexibility index (Phi) is 7.55. The molecule has 3 aromatic carbocycles. The third kappa shape index (κ3) is 6.07. The molecule has 0 N–H and O–H groups in total. The van der Waals surface area contributed by atoms with E-state index in [1.165, 1.54) is 36.0 Å². The summed E-state index contributed by atoms with van der Waals surface area (Å²) < 4.78 is 5.96. The molecule has 2 aliphatic rings. The molecule has 0 spiro atoms. The van der Waals surface area contributed by atoms with Crippen LogP contribution >= 0.6 is 11.8 Å². The second kappa shape index (κ2) is 11.4. The van der Waals surface area contributed by atoms with E-state index < -0.39 is 9.85 Å². The van der Waals surface area contributed by atoms with Gasteiger partial charge in [-0.3, -0.25) is 25.0 Å². The molecule has 0 unspecified atom stereocenters. The molecule has 11 nitrogen and oxygen atoms in total. The first-order valence-electron chi connectivity index (χ1n) is 12.1. The Bertz CT molecular complexity index is 1460. The molecular weight excluding hydrogens is 522 g/mol. The third-order valence-corrected chi connectivity index (χ3v) is 7.38. The van der Waals surface area contributed by atoms with E-state index in [1.54, 1.807) is 36.4 Å². The lowest BCUT2D eigenvalue weighted by Crippen LogP contribution is -2.47. The average Bonchev–Trinajstić information content (AvgIpc) is 3.32. The van der Waals surface area contributed by atoms with Crippen LogP contribution in [0.4, 0.5) is 17.1 Å². The molecule has 1 amide bonds. The Morgan fingerprint density at radius 3 is 2.08 bits per heavy atom. The smallest absolute Gasteiger partial charge is 0.286 e. The fourth-order valence-electron chi connectivity index (χ4n) is 4.22. The highest BCUT2D eigenvalue weighted by Crippen LogP contribution is 2.33. The van der Waals surface area contributed by atoms with E-state index in [9.17, 15) is 25.0 Å². The van der Waals surface area contributed by atoms with Gasteiger partial charge in [0.15, 0.2) is 5.17 Å². The number of benzene rings is 3. The zero-order chi connectivity index (χ0) is 27.4. The quantitative estimate of drug-likeness (QED) is 0.232. The van der Waals surface area contributed by atoms with Crippen LogP contribution in [-0.4, -0.2) is 52.0 Å². The Balaban J connectivity index is 1.20. The number of piperazine rings is 1. The Morgan fingerprint density at radius 2 is 1.44 bits per heavy atom. The van der Waals surface area contributed by atoms with Crippen molar-refractivity contribution in [2.24, 2.45) is 4.99 Å². The molecule has 0 radical (unpaired) electrons. The first-order chi connectivity index (χ1) is 18.9. The topological polar surface area (TPSA) is 131 Å². The molecule has 0 aliphatic carbocycles. The van der Waals surface area contributed by atoms with Crippen molar-refractivity contribution in [3.63, 3.8) is 0 Å². The van der Waals surface area contributed by atoms with Crippen LogP contribution < -0.4 is 9.64 Å². The number of nitro benzene ring substituents is 2. The molecule has 0 atom stereocenters. The van der Waals surface area contributed by atoms with E-state index in [2.05, 4.69) is 14.8 Å². The summed E-state index contributed by atoms with van der Waals surface area (Å²) in [6.07, 6.45) is 1.77. The minimum absolute atomic E-state index is 0.0178. The highest BCUT2D eigenvalue weighted by molar-refractivity contribution is 8.18. The van der Waals surface area contributed by atoms with Crippen molar-refractivity contribution in [1.82, 2.24) is 4.90 Å². The average molecular weight is 546 g/mol. The van der Waals surface area contributed by atoms with Gasteiger partial charge < -0.3 is 14.5 Å². The molecule has 0 saturated carbocycles. The summed E-state index contributed by atoms with van der Waals surface area (Å²) in [5.41, 5.74) is 2.51. The molecule has 2 heterocycles. The fraction of sp³-hybridized carbons (Fsp3) is 0.185. The van der Waals surface area contributed by atoms with E-state index in [4.69, 9.17) is 4.74 Å². The lowest BCUT2D eigenvalue weighted by atomic mass is 10.1. The number of amidine groups is 1. The minimum Gasteiger partial charge on any atom is -0.488 e. The van der Waals surface area contributed by atoms with Crippen LogP contribution in [0, 0.1) is 20.2 Å². The number of carbonyl (C=O) groups is 1. The highest BCUT2D eigenvalue weighted by atomic mass is 32.2. The van der Waals surface area contributed by atoms with Crippen molar-refractivity contribution in [1.29, 1.82) is 0 Å². The van der Waals surface area contributed by atoms with Crippen molar-refractivity contribution in [3.8, 4) is 5.75 Å². The second-order valence-electron chi connectivity index (χ2n) is 8.81. The Hall–Kier alpha value is -4.71. The van der Waals surface area contributed by atoms with Gasteiger partial charge in [0, 0.05) is 61.7 Å². The van der Waals surface area contributed by atoms with Gasteiger partial charge in [0.1, 0.15) is 12.4 Å². The molecule has 5 rings (SSSR count). The van der Waals surface area contributed by atoms with Crippen LogP contribution in [0.2, 0.25) is 0 Å². The number of non-ortho nitro benzene ring substituents is 2. The maximum atomic E-state index is 12.7. The normalized spacial score (nSPS) is 16.4. The molecule has 12 heteroatoms. The number of anilines is 1. The van der Waals surface area contributed by atoms with Crippen LogP contribution in [0.5, 0.6) is 5.75 Å². The van der Waals surface area contributed by atoms with Gasteiger partial charge in [0.25, 0.3) is 17.3 Å². The lowest BCUT2D eigenvalue weighted by Gasteiger charge is -2.36. The third-order valence-electron chi connectivity index (χ3n) is 6.33. The van der Waals surface area contributed by atoms with Crippen molar-refractivity contribution in [3.05, 3.63) is 109 Å². The Morgan fingerprint density at radius 1 is 0.846 bits per heavy atom. The maximum absolute atomic E-state index is 12.7. The molecule has 1 fully saturated rings. The van der Waals surface area contributed by atoms with Gasteiger partial charge >= 0.3 is 0 Å². The van der Waals surface area contributed by atoms with Crippen LogP contribution in [0.3, 0.4) is 0 Å². The first-order valence-corrected chi connectivity index (χ1v) is 12.9. The van der Waals surface area contributed by atoms with Gasteiger partial charge in [0.2, 0.25) is 0 Å². The lowest BCUT2D eigenvalue weighted by molar-refractivity contribution is -0.385. The molecule has 198 valence electrons. The van der Waals surface area contributed by atoms with Gasteiger partial charge in [-0.1, -0.05) is 18.2 Å². The van der Waals surface area contributed by atoms with Crippen LogP contribution in [0.15, 0.2) is 82.7 Å². The largest absolute Gasteiger partial charge is 0.488 e. The SMILES string of the molecule is O=C1N=C(N2CCN(c3ccc([N+](=O)[O-])cc3)CC2)SC1=Cc1ccccc1OCc1ccc([N+](=O)[O-])cc1. The predicted molar refractivity (Wildman–Crippen MR) is 149 cm³/mol. The van der Waals surface area contributed by atoms with E-state index in [1.807, 2.05) is 18.2 Å². The molecule has 0 bridgehead atoms. The van der Waals surface area contributed by atoms with Crippen LogP contribution in [-0.2, 0) is 11.4 Å². The summed E-state index contributed by atoms with van der Waals surface area (Å²) >= 11 is 1.32. The molecular formula is C27H23N5O6S. The fourth-order valence-corrected chi connectivity index (χ4v) is 5.18. The van der Waals surface area contributed by atoms with E-state index in [0.29, 0.717) is 42.0 Å². The predicted octanol–water partition coefficient (Wildman–Crippen LogP) is 4.87. The monoisotopic (exact) mass is 545 g/mol. The number of nitro groups is 2. The number of ether oxygens (including phenoxy) is 1. The summed E-state index contributed by atoms with van der Waals surface area (Å²) in [5, 5.41) is 22.4. The number of aliphatic imine (C=N–C) groups is 1. The summed E-state index contributed by atoms with van der Waals surface area (Å²) in [4.78, 5) is 42.6. The van der Waals surface area contributed by atoms with E-state index in [0.717, 1.165) is 16.8 Å². The number of rotatable bonds is 7. The standard InChI is InChI=1S/C27H23N5O6S/c33-26-25(17-20-3-1-2-4-24(20)38-18-19-5-7-22(8-6-19)31(34)35)39-27(28-26)30-15-13-29(14-16-30)21-9-11-23(12-10-21)32(36)37/h1-12,17H,13-16,18H2. The van der Waals surface area contributed by atoms with Crippen LogP contribution in [0.25, 0.3) is 6.08 Å². The Labute approximate surface area is 227 Å². The van der Waals surface area contributed by atoms with Crippen molar-refractivity contribution in [2.45, 2.75) is 6.61 Å². The number of nitrogens with zero attached hydrogens (tertiary/aromatic N) is 5. The van der Waals surface area contributed by atoms with Gasteiger partial charge in [-0.15, -0.1) is 0 Å². The minimum atomic E-state index is -0.447. The number of amides is 1. The van der Waals surface area contributed by atoms with Gasteiger partial charge in [-0.05, 0) is 53.7 Å². The molecule has 2 aliphatic heterocycles. The van der Waals surface area contributed by atoms with E-state index in [-0.39, 0.29) is 23.9 Å². The number of hydrogen-bond donors (Lipinski definition) is 0. The number of carbonyl (C=O) groups excluding carboxylic acids is 1. The zero-order valence-corrected chi connectivity index (χ0v) is 21.5. The first kappa shape index (κ1) is 25.9. The van der Waals surface area contributed by atoms with Crippen molar-refractivity contribution >= 4 is 46.0 Å². The van der Waals surface area contributed by atoms with Crippen molar-refractivity contribution < 1.29 is 19.4 Å². The summed E-state index contributed by atoms with van der Waals surface area (Å²) in [6.45, 7) is 2.95. The number of thioether (sulfide) groups is 1. The molecule has 0 aromatic heterocycles. The maximum Gasteiger partial charge on any atom is 0.286 e. The zero-order valence-electron chi connectivity index (χ0n) is 20.6. The summed E-state index contributed by atoms with van der Waals surface area (Å²) in [7, 11) is 0. The van der Waals surface area contributed by atoms with Gasteiger partial charge in [0.05, 0.1) is 14.8 Å².